The summed E-state index contributed by atoms with van der Waals surface area (Å²) in [5.74, 6) is -0.340. The molecule has 34 heavy (non-hydrogen) atoms. The fourth-order valence-electron chi connectivity index (χ4n) is 3.90. The molecule has 2 amide bonds. The molecule has 0 saturated carbocycles. The van der Waals surface area contributed by atoms with Gasteiger partial charge in [0.2, 0.25) is 5.91 Å². The fraction of sp³-hybridized carbons (Fsp3) is 0.292. The zero-order chi connectivity index (χ0) is 24.3. The molecule has 1 aliphatic heterocycles. The maximum absolute atomic E-state index is 13.4. The lowest BCUT2D eigenvalue weighted by Crippen LogP contribution is -2.44. The van der Waals surface area contributed by atoms with Gasteiger partial charge in [0, 0.05) is 42.8 Å². The molecule has 8 nitrogen and oxygen atoms in total. The lowest BCUT2D eigenvalue weighted by Gasteiger charge is -2.33. The van der Waals surface area contributed by atoms with Crippen molar-refractivity contribution in [2.75, 3.05) is 30.8 Å². The van der Waals surface area contributed by atoms with E-state index in [4.69, 9.17) is 4.42 Å². The predicted octanol–water partition coefficient (Wildman–Crippen LogP) is 3.88. The average Bonchev–Trinajstić information content (AvgIpc) is 3.54. The molecule has 0 atom stereocenters. The van der Waals surface area contributed by atoms with E-state index in [2.05, 4.69) is 11.6 Å². The smallest absolute Gasteiger partial charge is 0.257 e. The summed E-state index contributed by atoms with van der Waals surface area (Å²) in [6.45, 7) is 5.10. The van der Waals surface area contributed by atoms with Crippen LogP contribution >= 0.6 is 11.3 Å². The molecule has 3 aromatic rings. The van der Waals surface area contributed by atoms with Gasteiger partial charge in [-0.1, -0.05) is 18.2 Å². The molecular weight excluding hydrogens is 474 g/mol. The number of hydrogen-bond acceptors (Lipinski definition) is 7. The molecule has 1 fully saturated rings. The Balaban J connectivity index is 1.45. The van der Waals surface area contributed by atoms with Crippen LogP contribution in [0.1, 0.15) is 23.2 Å². The van der Waals surface area contributed by atoms with Crippen molar-refractivity contribution in [3.63, 3.8) is 0 Å². The van der Waals surface area contributed by atoms with E-state index in [9.17, 15) is 18.0 Å². The van der Waals surface area contributed by atoms with Crippen LogP contribution in [0.25, 0.3) is 11.3 Å². The highest BCUT2D eigenvalue weighted by Gasteiger charge is 2.32. The Bertz CT molecular complexity index is 1270. The first-order valence-electron chi connectivity index (χ1n) is 10.8. The second kappa shape index (κ2) is 9.94. The first kappa shape index (κ1) is 23.9. The summed E-state index contributed by atoms with van der Waals surface area (Å²) < 4.78 is 28.4. The molecule has 0 bridgehead atoms. The van der Waals surface area contributed by atoms with Gasteiger partial charge in [-0.05, 0) is 31.0 Å². The van der Waals surface area contributed by atoms with E-state index in [1.54, 1.807) is 46.2 Å². The molecule has 0 N–H and O–H groups in total. The quantitative estimate of drug-likeness (QED) is 0.458. The minimum atomic E-state index is -3.27. The number of rotatable bonds is 7. The number of benzene rings is 1. The van der Waals surface area contributed by atoms with Crippen LogP contribution in [0, 0.1) is 5.92 Å². The van der Waals surface area contributed by atoms with Gasteiger partial charge in [-0.25, -0.2) is 13.4 Å². The Hall–Kier alpha value is -3.24. The Kier molecular flexibility index (Phi) is 6.99. The van der Waals surface area contributed by atoms with Crippen LogP contribution in [0.3, 0.4) is 0 Å². The zero-order valence-corrected chi connectivity index (χ0v) is 20.3. The third kappa shape index (κ3) is 5.13. The number of nitrogens with zero attached hydrogens (tertiary/aromatic N) is 3. The Morgan fingerprint density at radius 1 is 1.24 bits per heavy atom. The summed E-state index contributed by atoms with van der Waals surface area (Å²) in [5.41, 5.74) is 1.95. The van der Waals surface area contributed by atoms with Crippen molar-refractivity contribution in [2.24, 2.45) is 5.92 Å². The standard InChI is InChI=1S/C24H25N3O5S2/c1-3-11-27(23(29)18-8-12-26(13-9-18)22(28)19-10-14-32-15-19)24-25-21(16-33-24)17-4-6-20(7-5-17)34(2,30)31/h3-7,10,14-16,18H,1,8-9,11-13H2,2H3. The number of anilines is 1. The summed E-state index contributed by atoms with van der Waals surface area (Å²) in [6.07, 6.45) is 6.87. The van der Waals surface area contributed by atoms with Crippen LogP contribution in [-0.2, 0) is 14.6 Å². The van der Waals surface area contributed by atoms with Gasteiger partial charge in [0.15, 0.2) is 15.0 Å². The van der Waals surface area contributed by atoms with Gasteiger partial charge in [0.05, 0.1) is 22.4 Å². The van der Waals surface area contributed by atoms with Crippen molar-refractivity contribution in [1.82, 2.24) is 9.88 Å². The number of carbonyl (C=O) groups excluding carboxylic acids is 2. The molecule has 178 valence electrons. The molecule has 0 spiro atoms. The molecule has 1 aromatic carbocycles. The van der Waals surface area contributed by atoms with Crippen molar-refractivity contribution < 1.29 is 22.4 Å². The van der Waals surface area contributed by atoms with E-state index >= 15 is 0 Å². The van der Waals surface area contributed by atoms with Crippen LogP contribution in [0.4, 0.5) is 5.13 Å². The molecule has 2 aromatic heterocycles. The summed E-state index contributed by atoms with van der Waals surface area (Å²) in [6, 6.07) is 8.16. The van der Waals surface area contributed by atoms with Gasteiger partial charge in [-0.2, -0.15) is 0 Å². The highest BCUT2D eigenvalue weighted by atomic mass is 32.2. The molecule has 0 aliphatic carbocycles. The Morgan fingerprint density at radius 3 is 2.53 bits per heavy atom. The van der Waals surface area contributed by atoms with Gasteiger partial charge in [0.1, 0.15) is 6.26 Å². The van der Waals surface area contributed by atoms with Gasteiger partial charge in [-0.3, -0.25) is 14.5 Å². The van der Waals surface area contributed by atoms with Gasteiger partial charge < -0.3 is 9.32 Å². The number of likely N-dealkylation sites (tertiary alicyclic amines) is 1. The number of carbonyl (C=O) groups is 2. The maximum Gasteiger partial charge on any atom is 0.257 e. The summed E-state index contributed by atoms with van der Waals surface area (Å²) in [5, 5.41) is 2.41. The van der Waals surface area contributed by atoms with Crippen molar-refractivity contribution >= 4 is 38.1 Å². The normalized spacial score (nSPS) is 14.7. The molecule has 3 heterocycles. The lowest BCUT2D eigenvalue weighted by molar-refractivity contribution is -0.123. The first-order chi connectivity index (χ1) is 16.3. The van der Waals surface area contributed by atoms with Crippen LogP contribution in [0.15, 0.2) is 70.2 Å². The Morgan fingerprint density at radius 2 is 1.94 bits per heavy atom. The topological polar surface area (TPSA) is 101 Å². The second-order valence-electron chi connectivity index (χ2n) is 8.13. The molecule has 1 aliphatic rings. The molecule has 4 rings (SSSR count). The third-order valence-corrected chi connectivity index (χ3v) is 7.77. The van der Waals surface area contributed by atoms with Crippen molar-refractivity contribution in [3.05, 3.63) is 66.5 Å². The minimum Gasteiger partial charge on any atom is -0.472 e. The second-order valence-corrected chi connectivity index (χ2v) is 11.0. The van der Waals surface area contributed by atoms with Gasteiger partial charge >= 0.3 is 0 Å². The van der Waals surface area contributed by atoms with Gasteiger partial charge in [0.25, 0.3) is 5.91 Å². The van der Waals surface area contributed by atoms with Crippen LogP contribution in [0.2, 0.25) is 0 Å². The monoisotopic (exact) mass is 499 g/mol. The average molecular weight is 500 g/mol. The van der Waals surface area contributed by atoms with Crippen molar-refractivity contribution in [2.45, 2.75) is 17.7 Å². The minimum absolute atomic E-state index is 0.0383. The maximum atomic E-state index is 13.4. The van der Waals surface area contributed by atoms with Crippen LogP contribution in [-0.4, -0.2) is 56.0 Å². The van der Waals surface area contributed by atoms with Crippen molar-refractivity contribution in [3.8, 4) is 11.3 Å². The predicted molar refractivity (Wildman–Crippen MR) is 131 cm³/mol. The van der Waals surface area contributed by atoms with Crippen molar-refractivity contribution in [1.29, 1.82) is 0 Å². The molecular formula is C24H25N3O5S2. The molecule has 0 unspecified atom stereocenters. The number of aromatic nitrogens is 1. The number of amides is 2. The lowest BCUT2D eigenvalue weighted by atomic mass is 9.95. The zero-order valence-electron chi connectivity index (χ0n) is 18.7. The van der Waals surface area contributed by atoms with Crippen LogP contribution < -0.4 is 4.90 Å². The largest absolute Gasteiger partial charge is 0.472 e. The van der Waals surface area contributed by atoms with Crippen LogP contribution in [0.5, 0.6) is 0 Å². The van der Waals surface area contributed by atoms with E-state index in [1.807, 2.05) is 5.38 Å². The molecule has 0 radical (unpaired) electrons. The van der Waals surface area contributed by atoms with E-state index in [-0.39, 0.29) is 22.6 Å². The number of furan rings is 1. The van der Waals surface area contributed by atoms with E-state index in [0.717, 1.165) is 5.56 Å². The highest BCUT2D eigenvalue weighted by molar-refractivity contribution is 7.90. The van der Waals surface area contributed by atoms with Gasteiger partial charge in [-0.15, -0.1) is 17.9 Å². The first-order valence-corrected chi connectivity index (χ1v) is 13.5. The number of sulfone groups is 1. The highest BCUT2D eigenvalue weighted by Crippen LogP contribution is 2.31. The SMILES string of the molecule is C=CCN(C(=O)C1CCN(C(=O)c2ccoc2)CC1)c1nc(-c2ccc(S(C)(=O)=O)cc2)cs1. The fourth-order valence-corrected chi connectivity index (χ4v) is 5.38. The van der Waals surface area contributed by atoms with E-state index in [0.29, 0.717) is 48.9 Å². The summed E-state index contributed by atoms with van der Waals surface area (Å²) in [7, 11) is -3.27. The number of piperidine rings is 1. The molecule has 10 heteroatoms. The summed E-state index contributed by atoms with van der Waals surface area (Å²) >= 11 is 1.35. The molecule has 1 saturated heterocycles. The number of hydrogen-bond donors (Lipinski definition) is 0. The van der Waals surface area contributed by atoms with E-state index in [1.165, 1.54) is 30.1 Å². The van der Waals surface area contributed by atoms with E-state index < -0.39 is 9.84 Å². The number of thiazole rings is 1. The Labute approximate surface area is 202 Å². The third-order valence-electron chi connectivity index (χ3n) is 5.78. The summed E-state index contributed by atoms with van der Waals surface area (Å²) in [4.78, 5) is 34.1.